The highest BCUT2D eigenvalue weighted by atomic mass is 16.4. The third kappa shape index (κ3) is 3.28. The van der Waals surface area contributed by atoms with E-state index in [-0.39, 0.29) is 30.0 Å². The molecule has 0 aromatic carbocycles. The van der Waals surface area contributed by atoms with Crippen molar-refractivity contribution < 1.29 is 19.5 Å². The maximum Gasteiger partial charge on any atom is 0.335 e. The first-order valence-corrected chi connectivity index (χ1v) is 8.38. The van der Waals surface area contributed by atoms with Gasteiger partial charge in [0.15, 0.2) is 0 Å². The zero-order valence-electron chi connectivity index (χ0n) is 14.1. The average Bonchev–Trinajstić information content (AvgIpc) is 3.10. The molecule has 0 spiro atoms. The number of hydrogen-bond acceptors (Lipinski definition) is 7. The van der Waals surface area contributed by atoms with Gasteiger partial charge in [-0.3, -0.25) is 14.6 Å². The fraction of sp³-hybridized carbons (Fsp3) is 0.294. The van der Waals surface area contributed by atoms with Gasteiger partial charge in [0.25, 0.3) is 0 Å². The van der Waals surface area contributed by atoms with Crippen LogP contribution in [-0.4, -0.2) is 67.9 Å². The standard InChI is InChI=1S/C17H16N6O4/c24-14-7-20-15(25)13-6-10(8-23(13)14)21-17-19-4-2-11(22-17)12-5-9(16(26)27)1-3-18-12/h1-5,10,13H,6-8H2,(H,20,25)(H,26,27)(H,19,21,22)/t10-,13-/m0/s1. The first-order valence-electron chi connectivity index (χ1n) is 8.38. The van der Waals surface area contributed by atoms with Crippen LogP contribution in [0.5, 0.6) is 0 Å². The largest absolute Gasteiger partial charge is 0.478 e. The van der Waals surface area contributed by atoms with Crippen molar-refractivity contribution in [2.24, 2.45) is 0 Å². The van der Waals surface area contributed by atoms with E-state index >= 15 is 0 Å². The summed E-state index contributed by atoms with van der Waals surface area (Å²) in [5.74, 6) is -0.971. The van der Waals surface area contributed by atoms with Crippen molar-refractivity contribution in [1.29, 1.82) is 0 Å². The normalized spacial score (nSPS) is 21.6. The number of amides is 2. The number of carboxylic acids is 1. The van der Waals surface area contributed by atoms with E-state index in [0.717, 1.165) is 0 Å². The van der Waals surface area contributed by atoms with Crippen molar-refractivity contribution in [3.8, 4) is 11.4 Å². The number of carbonyl (C=O) groups is 3. The van der Waals surface area contributed by atoms with Crippen LogP contribution in [-0.2, 0) is 9.59 Å². The number of nitrogens with one attached hydrogen (secondary N) is 2. The molecule has 2 amide bonds. The van der Waals surface area contributed by atoms with E-state index in [0.29, 0.717) is 30.3 Å². The van der Waals surface area contributed by atoms with E-state index in [4.69, 9.17) is 5.11 Å². The minimum absolute atomic E-state index is 0.0274. The van der Waals surface area contributed by atoms with E-state index in [2.05, 4.69) is 25.6 Å². The fourth-order valence-corrected chi connectivity index (χ4v) is 3.30. The van der Waals surface area contributed by atoms with Crippen molar-refractivity contribution in [2.45, 2.75) is 18.5 Å². The lowest BCUT2D eigenvalue weighted by Crippen LogP contribution is -2.55. The summed E-state index contributed by atoms with van der Waals surface area (Å²) in [6, 6.07) is 3.85. The Morgan fingerprint density at radius 1 is 1.22 bits per heavy atom. The maximum absolute atomic E-state index is 11.9. The molecule has 2 atom stereocenters. The Morgan fingerprint density at radius 3 is 2.81 bits per heavy atom. The van der Waals surface area contributed by atoms with Crippen molar-refractivity contribution in [2.75, 3.05) is 18.4 Å². The number of anilines is 1. The summed E-state index contributed by atoms with van der Waals surface area (Å²) in [5, 5.41) is 14.8. The second-order valence-electron chi connectivity index (χ2n) is 6.36. The highest BCUT2D eigenvalue weighted by Gasteiger charge is 2.42. The van der Waals surface area contributed by atoms with E-state index in [1.807, 2.05) is 0 Å². The number of hydrogen-bond donors (Lipinski definition) is 3. The number of fused-ring (bicyclic) bond motifs is 1. The summed E-state index contributed by atoms with van der Waals surface area (Å²) in [6.07, 6.45) is 3.42. The van der Waals surface area contributed by atoms with Gasteiger partial charge in [-0.25, -0.2) is 14.8 Å². The summed E-state index contributed by atoms with van der Waals surface area (Å²) in [6.45, 7) is 0.427. The first-order chi connectivity index (χ1) is 13.0. The van der Waals surface area contributed by atoms with E-state index in [9.17, 15) is 14.4 Å². The Balaban J connectivity index is 1.52. The van der Waals surface area contributed by atoms with Gasteiger partial charge >= 0.3 is 5.97 Å². The summed E-state index contributed by atoms with van der Waals surface area (Å²) in [7, 11) is 0. The zero-order chi connectivity index (χ0) is 19.0. The van der Waals surface area contributed by atoms with Gasteiger partial charge in [-0.2, -0.15) is 0 Å². The van der Waals surface area contributed by atoms with Crippen molar-refractivity contribution in [1.82, 2.24) is 25.2 Å². The van der Waals surface area contributed by atoms with Crippen LogP contribution in [0.15, 0.2) is 30.6 Å². The summed E-state index contributed by atoms with van der Waals surface area (Å²) < 4.78 is 0. The number of aromatic carboxylic acids is 1. The lowest BCUT2D eigenvalue weighted by Gasteiger charge is -2.28. The topological polar surface area (TPSA) is 137 Å². The number of rotatable bonds is 4. The minimum atomic E-state index is -1.04. The Labute approximate surface area is 153 Å². The smallest absolute Gasteiger partial charge is 0.335 e. The highest BCUT2D eigenvalue weighted by Crippen LogP contribution is 2.23. The number of piperazine rings is 1. The van der Waals surface area contributed by atoms with Gasteiger partial charge in [-0.1, -0.05) is 0 Å². The molecule has 10 nitrogen and oxygen atoms in total. The molecule has 4 heterocycles. The molecule has 2 aliphatic rings. The second-order valence-corrected chi connectivity index (χ2v) is 6.36. The average molecular weight is 368 g/mol. The number of aromatic nitrogens is 3. The molecule has 2 aromatic rings. The van der Waals surface area contributed by atoms with Gasteiger partial charge in [-0.05, 0) is 24.6 Å². The molecule has 3 N–H and O–H groups in total. The van der Waals surface area contributed by atoms with Crippen molar-refractivity contribution >= 4 is 23.7 Å². The van der Waals surface area contributed by atoms with E-state index < -0.39 is 12.0 Å². The fourth-order valence-electron chi connectivity index (χ4n) is 3.30. The van der Waals surface area contributed by atoms with Gasteiger partial charge < -0.3 is 20.6 Å². The van der Waals surface area contributed by atoms with E-state index in [1.165, 1.54) is 18.3 Å². The molecule has 4 rings (SSSR count). The quantitative estimate of drug-likeness (QED) is 0.672. The summed E-state index contributed by atoms with van der Waals surface area (Å²) in [4.78, 5) is 49.3. The van der Waals surface area contributed by atoms with Crippen LogP contribution in [0.2, 0.25) is 0 Å². The lowest BCUT2D eigenvalue weighted by molar-refractivity contribution is -0.143. The van der Waals surface area contributed by atoms with Gasteiger partial charge in [0, 0.05) is 25.0 Å². The minimum Gasteiger partial charge on any atom is -0.478 e. The number of pyridine rings is 1. The van der Waals surface area contributed by atoms with E-state index in [1.54, 1.807) is 17.2 Å². The monoisotopic (exact) mass is 368 g/mol. The highest BCUT2D eigenvalue weighted by molar-refractivity contribution is 5.95. The Hall–Kier alpha value is -3.56. The van der Waals surface area contributed by atoms with Gasteiger partial charge in [0.05, 0.1) is 23.5 Å². The van der Waals surface area contributed by atoms with Crippen LogP contribution in [0, 0.1) is 0 Å². The predicted molar refractivity (Wildman–Crippen MR) is 92.8 cm³/mol. The molecule has 0 bridgehead atoms. The van der Waals surface area contributed by atoms with Gasteiger partial charge in [-0.15, -0.1) is 0 Å². The third-order valence-electron chi connectivity index (χ3n) is 4.60. The predicted octanol–water partition coefficient (Wildman–Crippen LogP) is -0.252. The summed E-state index contributed by atoms with van der Waals surface area (Å²) in [5.41, 5.74) is 1.00. The Kier molecular flexibility index (Phi) is 4.15. The molecule has 2 fully saturated rings. The van der Waals surface area contributed by atoms with Crippen molar-refractivity contribution in [3.63, 3.8) is 0 Å². The lowest BCUT2D eigenvalue weighted by atomic mass is 10.1. The zero-order valence-corrected chi connectivity index (χ0v) is 14.1. The van der Waals surface area contributed by atoms with Crippen LogP contribution < -0.4 is 10.6 Å². The maximum atomic E-state index is 11.9. The summed E-state index contributed by atoms with van der Waals surface area (Å²) >= 11 is 0. The molecule has 2 aromatic heterocycles. The van der Waals surface area contributed by atoms with Crippen LogP contribution in [0.4, 0.5) is 5.95 Å². The third-order valence-corrected chi connectivity index (χ3v) is 4.60. The Morgan fingerprint density at radius 2 is 2.04 bits per heavy atom. The molecule has 0 saturated carbocycles. The van der Waals surface area contributed by atoms with Crippen LogP contribution in [0.3, 0.4) is 0 Å². The SMILES string of the molecule is O=C(O)c1ccnc(-c2ccnc(N[C@H]3C[C@H]4C(=O)NCC(=O)N4C3)n2)c1. The second kappa shape index (κ2) is 6.63. The van der Waals surface area contributed by atoms with Crippen LogP contribution in [0.1, 0.15) is 16.8 Å². The van der Waals surface area contributed by atoms with Crippen LogP contribution >= 0.6 is 0 Å². The number of carboxylic acid groups (broad SMARTS) is 1. The molecule has 0 unspecified atom stereocenters. The molecule has 2 aliphatic heterocycles. The van der Waals surface area contributed by atoms with Gasteiger partial charge in [0.1, 0.15) is 6.04 Å². The van der Waals surface area contributed by atoms with Crippen LogP contribution in [0.25, 0.3) is 11.4 Å². The van der Waals surface area contributed by atoms with Crippen molar-refractivity contribution in [3.05, 3.63) is 36.2 Å². The number of nitrogens with zero attached hydrogens (tertiary/aromatic N) is 4. The molecular formula is C17H16N6O4. The molecule has 2 saturated heterocycles. The first kappa shape index (κ1) is 16.9. The molecule has 0 radical (unpaired) electrons. The van der Waals surface area contributed by atoms with Gasteiger partial charge in [0.2, 0.25) is 17.8 Å². The molecule has 0 aliphatic carbocycles. The molecular weight excluding hydrogens is 352 g/mol. The molecule has 10 heteroatoms. The Bertz CT molecular complexity index is 909. The molecule has 27 heavy (non-hydrogen) atoms. The molecule has 138 valence electrons. The number of carbonyl (C=O) groups excluding carboxylic acids is 2.